The molecule has 7 heteroatoms. The van der Waals surface area contributed by atoms with Crippen LogP contribution in [0.4, 0.5) is 0 Å². The van der Waals surface area contributed by atoms with E-state index in [4.69, 9.17) is 9.72 Å². The lowest BCUT2D eigenvalue weighted by atomic mass is 9.75. The van der Waals surface area contributed by atoms with Crippen molar-refractivity contribution in [2.24, 2.45) is 17.8 Å². The average Bonchev–Trinajstić information content (AvgIpc) is 3.29. The van der Waals surface area contributed by atoms with Crippen molar-refractivity contribution < 1.29 is 14.3 Å². The van der Waals surface area contributed by atoms with Crippen molar-refractivity contribution in [3.63, 3.8) is 0 Å². The fraction of sp³-hybridized carbons (Fsp3) is 0.500. The first kappa shape index (κ1) is 23.3. The van der Waals surface area contributed by atoms with E-state index in [1.807, 2.05) is 19.2 Å². The van der Waals surface area contributed by atoms with Gasteiger partial charge < -0.3 is 14.1 Å². The number of hydrogen-bond donors (Lipinski definition) is 0. The zero-order valence-corrected chi connectivity index (χ0v) is 21.4. The van der Waals surface area contributed by atoms with Crippen LogP contribution in [-0.2, 0) is 22.6 Å². The van der Waals surface area contributed by atoms with Gasteiger partial charge in [-0.15, -0.1) is 0 Å². The number of likely N-dealkylation sites (N-methyl/N-ethyl adjacent to an activating group) is 1. The van der Waals surface area contributed by atoms with Crippen LogP contribution < -0.4 is 0 Å². The Morgan fingerprint density at radius 3 is 2.62 bits per heavy atom. The van der Waals surface area contributed by atoms with E-state index in [0.29, 0.717) is 35.9 Å². The number of pyridine rings is 1. The Hall–Kier alpha value is -2.87. The third kappa shape index (κ3) is 4.04. The van der Waals surface area contributed by atoms with E-state index in [2.05, 4.69) is 38.8 Å². The van der Waals surface area contributed by atoms with Gasteiger partial charge in [-0.2, -0.15) is 0 Å². The SMILES string of the molecule is CN1Cc2cc(ccc2C=O)-c2cc(CN3CC4COCC(C4)C3)c3ccn(c3n2)C2CC(C2)C1C=O. The van der Waals surface area contributed by atoms with E-state index in [1.54, 1.807) is 0 Å². The molecule has 192 valence electrons. The van der Waals surface area contributed by atoms with Crippen LogP contribution in [0.3, 0.4) is 0 Å². The summed E-state index contributed by atoms with van der Waals surface area (Å²) >= 11 is 0. The van der Waals surface area contributed by atoms with Crippen molar-refractivity contribution in [3.8, 4) is 11.3 Å². The third-order valence-corrected chi connectivity index (χ3v) is 9.23. The summed E-state index contributed by atoms with van der Waals surface area (Å²) < 4.78 is 8.16. The number of likely N-dealkylation sites (tertiary alicyclic amines) is 1. The molecule has 3 fully saturated rings. The lowest BCUT2D eigenvalue weighted by molar-refractivity contribution is -0.115. The molecule has 8 rings (SSSR count). The topological polar surface area (TPSA) is 67.7 Å². The largest absolute Gasteiger partial charge is 0.381 e. The summed E-state index contributed by atoms with van der Waals surface area (Å²) in [6.45, 7) is 5.39. The molecule has 37 heavy (non-hydrogen) atoms. The highest BCUT2D eigenvalue weighted by atomic mass is 16.5. The minimum absolute atomic E-state index is 0.152. The van der Waals surface area contributed by atoms with E-state index in [-0.39, 0.29) is 6.04 Å². The quantitative estimate of drug-likeness (QED) is 0.508. The fourth-order valence-corrected chi connectivity index (χ4v) is 7.31. The van der Waals surface area contributed by atoms with Crippen LogP contribution in [0.2, 0.25) is 0 Å². The standard InChI is InChI=1S/C30H34N4O3/c1-32-13-24-7-21(2-3-22(24)15-35)28-10-25(14-33-11-19-6-20(12-33)18-37-17-19)27-4-5-34(30(27)31-28)26-8-23(9-26)29(32)16-36/h2-5,7,10,15-16,19-20,23,26,29H,6,8-9,11-14,17-18H2,1H3. The molecule has 3 atom stereocenters. The van der Waals surface area contributed by atoms with Gasteiger partial charge in [-0.1, -0.05) is 12.1 Å². The molecule has 3 unspecified atom stereocenters. The van der Waals surface area contributed by atoms with E-state index in [0.717, 1.165) is 80.7 Å². The lowest BCUT2D eigenvalue weighted by Crippen LogP contribution is -2.46. The molecule has 1 aliphatic carbocycles. The summed E-state index contributed by atoms with van der Waals surface area (Å²) in [4.78, 5) is 33.9. The first-order valence-electron chi connectivity index (χ1n) is 13.6. The minimum Gasteiger partial charge on any atom is -0.381 e. The number of ether oxygens (including phenoxy) is 1. The van der Waals surface area contributed by atoms with Crippen LogP contribution in [0.5, 0.6) is 0 Å². The van der Waals surface area contributed by atoms with Gasteiger partial charge in [-0.3, -0.25) is 14.6 Å². The van der Waals surface area contributed by atoms with Crippen molar-refractivity contribution >= 4 is 23.6 Å². The van der Waals surface area contributed by atoms with Gasteiger partial charge in [-0.05, 0) is 73.4 Å². The predicted molar refractivity (Wildman–Crippen MR) is 141 cm³/mol. The van der Waals surface area contributed by atoms with Gasteiger partial charge in [0.05, 0.1) is 24.9 Å². The second kappa shape index (κ2) is 9.15. The van der Waals surface area contributed by atoms with Crippen LogP contribution in [0.1, 0.15) is 46.8 Å². The Bertz CT molecular complexity index is 1350. The summed E-state index contributed by atoms with van der Waals surface area (Å²) in [5.74, 6) is 1.57. The molecular weight excluding hydrogens is 464 g/mol. The van der Waals surface area contributed by atoms with Crippen molar-refractivity contribution in [1.29, 1.82) is 0 Å². The number of carbonyl (C=O) groups is 2. The van der Waals surface area contributed by atoms with Gasteiger partial charge in [0, 0.05) is 54.9 Å². The van der Waals surface area contributed by atoms with E-state index in [1.165, 1.54) is 17.4 Å². The van der Waals surface area contributed by atoms with Crippen molar-refractivity contribution in [1.82, 2.24) is 19.4 Å². The highest BCUT2D eigenvalue weighted by Gasteiger charge is 2.39. The molecule has 7 nitrogen and oxygen atoms in total. The normalized spacial score (nSPS) is 29.7. The smallest absolute Gasteiger partial charge is 0.150 e. The third-order valence-electron chi connectivity index (χ3n) is 9.23. The molecule has 5 aliphatic rings. The van der Waals surface area contributed by atoms with Crippen LogP contribution in [-0.4, -0.2) is 71.3 Å². The number of benzene rings is 1. The summed E-state index contributed by atoms with van der Waals surface area (Å²) in [7, 11) is 2.00. The molecule has 4 aliphatic heterocycles. The Kier molecular flexibility index (Phi) is 5.75. The average molecular weight is 499 g/mol. The second-order valence-electron chi connectivity index (χ2n) is 11.8. The Morgan fingerprint density at radius 1 is 1.05 bits per heavy atom. The predicted octanol–water partition coefficient (Wildman–Crippen LogP) is 3.95. The Labute approximate surface area is 217 Å². The molecule has 2 saturated heterocycles. The molecule has 6 heterocycles. The van der Waals surface area contributed by atoms with Crippen molar-refractivity contribution in [2.75, 3.05) is 33.4 Å². The maximum absolute atomic E-state index is 12.1. The number of carbonyl (C=O) groups excluding carboxylic acids is 2. The number of aldehydes is 2. The number of fused-ring (bicyclic) bond motifs is 4. The van der Waals surface area contributed by atoms with Gasteiger partial charge in [0.15, 0.2) is 0 Å². The van der Waals surface area contributed by atoms with E-state index >= 15 is 0 Å². The maximum atomic E-state index is 12.1. The zero-order chi connectivity index (χ0) is 25.1. The van der Waals surface area contributed by atoms with Crippen LogP contribution in [0, 0.1) is 17.8 Å². The highest BCUT2D eigenvalue weighted by Crippen LogP contribution is 2.43. The summed E-state index contributed by atoms with van der Waals surface area (Å²) in [6.07, 6.45) is 7.43. The van der Waals surface area contributed by atoms with Gasteiger partial charge in [0.2, 0.25) is 0 Å². The van der Waals surface area contributed by atoms with Crippen LogP contribution in [0.15, 0.2) is 36.5 Å². The molecule has 2 aromatic heterocycles. The van der Waals surface area contributed by atoms with Gasteiger partial charge in [0.1, 0.15) is 18.2 Å². The van der Waals surface area contributed by atoms with Crippen molar-refractivity contribution in [3.05, 3.63) is 53.2 Å². The maximum Gasteiger partial charge on any atom is 0.150 e. The summed E-state index contributed by atoms with van der Waals surface area (Å²) in [5.41, 5.74) is 5.93. The van der Waals surface area contributed by atoms with Crippen LogP contribution in [0.25, 0.3) is 22.3 Å². The number of piperidine rings is 1. The fourth-order valence-electron chi connectivity index (χ4n) is 7.31. The molecule has 0 N–H and O–H groups in total. The summed E-state index contributed by atoms with van der Waals surface area (Å²) in [6, 6.07) is 10.7. The molecule has 1 aromatic carbocycles. The summed E-state index contributed by atoms with van der Waals surface area (Å²) in [5, 5.41) is 1.22. The number of nitrogens with zero attached hydrogens (tertiary/aromatic N) is 4. The molecule has 3 aromatic rings. The van der Waals surface area contributed by atoms with Gasteiger partial charge >= 0.3 is 0 Å². The Balaban J connectivity index is 1.34. The van der Waals surface area contributed by atoms with E-state index < -0.39 is 0 Å². The molecule has 0 amide bonds. The zero-order valence-electron chi connectivity index (χ0n) is 21.4. The monoisotopic (exact) mass is 498 g/mol. The van der Waals surface area contributed by atoms with Gasteiger partial charge in [-0.25, -0.2) is 4.98 Å². The Morgan fingerprint density at radius 2 is 1.86 bits per heavy atom. The van der Waals surface area contributed by atoms with Crippen molar-refractivity contribution in [2.45, 2.75) is 44.4 Å². The number of rotatable bonds is 4. The molecule has 1 saturated carbocycles. The molecule has 8 bridgehead atoms. The number of hydrogen-bond acceptors (Lipinski definition) is 6. The molecule has 0 radical (unpaired) electrons. The van der Waals surface area contributed by atoms with Crippen LogP contribution >= 0.6 is 0 Å². The molecule has 0 spiro atoms. The highest BCUT2D eigenvalue weighted by molar-refractivity contribution is 5.85. The molecular formula is C30H34N4O3. The second-order valence-corrected chi connectivity index (χ2v) is 11.8. The van der Waals surface area contributed by atoms with E-state index in [9.17, 15) is 9.59 Å². The number of aromatic nitrogens is 2. The minimum atomic E-state index is -0.152. The first-order chi connectivity index (χ1) is 18.1. The lowest BCUT2D eigenvalue weighted by Gasteiger charge is -2.42. The first-order valence-corrected chi connectivity index (χ1v) is 13.6. The van der Waals surface area contributed by atoms with Gasteiger partial charge in [0.25, 0.3) is 0 Å².